The van der Waals surface area contributed by atoms with Crippen molar-refractivity contribution in [3.8, 4) is 11.1 Å². The number of anilines is 3. The molecule has 0 aromatic heterocycles. The van der Waals surface area contributed by atoms with E-state index in [2.05, 4.69) is 164 Å². The topological polar surface area (TPSA) is 3.24 Å². The predicted molar refractivity (Wildman–Crippen MR) is 180 cm³/mol. The van der Waals surface area contributed by atoms with E-state index in [1.165, 1.54) is 50.3 Å². The summed E-state index contributed by atoms with van der Waals surface area (Å²) in [6, 6.07) is 44.0. The van der Waals surface area contributed by atoms with Gasteiger partial charge in [-0.25, -0.2) is 0 Å². The first-order chi connectivity index (χ1) is 20.6. The molecule has 5 aromatic carbocycles. The lowest BCUT2D eigenvalue weighted by atomic mass is 9.61. The molecule has 0 bridgehead atoms. The van der Waals surface area contributed by atoms with Crippen LogP contribution in [0.15, 0.2) is 158 Å². The molecule has 206 valence electrons. The number of hydrogen-bond acceptors (Lipinski definition) is 1. The van der Waals surface area contributed by atoms with Crippen molar-refractivity contribution in [3.63, 3.8) is 0 Å². The van der Waals surface area contributed by atoms with Gasteiger partial charge in [-0.1, -0.05) is 135 Å². The summed E-state index contributed by atoms with van der Waals surface area (Å²) in [6.45, 7) is 11.4. The first-order valence-corrected chi connectivity index (χ1v) is 14.8. The van der Waals surface area contributed by atoms with Gasteiger partial charge >= 0.3 is 0 Å². The first-order valence-electron chi connectivity index (χ1n) is 14.8. The molecule has 0 saturated heterocycles. The molecule has 1 nitrogen and oxygen atoms in total. The molecule has 1 aliphatic heterocycles. The maximum Gasteiger partial charge on any atom is 0.0739 e. The average molecular weight is 544 g/mol. The van der Waals surface area contributed by atoms with Gasteiger partial charge in [-0.15, -0.1) is 0 Å². The molecular weight excluding hydrogens is 506 g/mol. The van der Waals surface area contributed by atoms with Gasteiger partial charge < -0.3 is 4.90 Å². The van der Waals surface area contributed by atoms with E-state index in [1.807, 2.05) is 6.92 Å². The summed E-state index contributed by atoms with van der Waals surface area (Å²) in [5.41, 5.74) is 12.8. The van der Waals surface area contributed by atoms with Crippen molar-refractivity contribution >= 4 is 17.1 Å². The number of rotatable bonds is 7. The van der Waals surface area contributed by atoms with E-state index in [4.69, 9.17) is 6.58 Å². The number of benzene rings is 5. The largest absolute Gasteiger partial charge is 0.310 e. The lowest BCUT2D eigenvalue weighted by molar-refractivity contribution is 0.727. The lowest BCUT2D eigenvalue weighted by Gasteiger charge is -2.47. The Hall–Kier alpha value is -4.88. The molecule has 1 heteroatoms. The zero-order chi connectivity index (χ0) is 29.1. The van der Waals surface area contributed by atoms with Gasteiger partial charge in [-0.3, -0.25) is 0 Å². The molecule has 0 atom stereocenters. The molecule has 42 heavy (non-hydrogen) atoms. The van der Waals surface area contributed by atoms with Crippen LogP contribution in [0.1, 0.15) is 41.7 Å². The molecular formula is C41H37N. The highest BCUT2D eigenvalue weighted by Gasteiger charge is 2.47. The summed E-state index contributed by atoms with van der Waals surface area (Å²) in [5.74, 6) is 0. The predicted octanol–water partition coefficient (Wildman–Crippen LogP) is 11.0. The third-order valence-corrected chi connectivity index (χ3v) is 8.62. The Bertz CT molecular complexity index is 1760. The van der Waals surface area contributed by atoms with Gasteiger partial charge in [-0.2, -0.15) is 0 Å². The molecule has 0 fully saturated rings. The van der Waals surface area contributed by atoms with Gasteiger partial charge in [0.25, 0.3) is 0 Å². The standard InChI is InChI=1S/C41H37N/c1-5-7-9-19-30(3)41(36-27-18-24-34(31(36)4)35-23-13-12-20-32(35)6-2)37-25-14-16-28-39(37)42(33-21-10-8-11-22-33)40-29-17-15-26-38(40)41/h5,7-29H,3,6H2,1-2,4H3/b7-5-,19-9-. The van der Waals surface area contributed by atoms with Crippen LogP contribution >= 0.6 is 0 Å². The monoisotopic (exact) mass is 543 g/mol. The molecule has 1 aliphatic rings. The van der Waals surface area contributed by atoms with Crippen LogP contribution in [0.2, 0.25) is 0 Å². The van der Waals surface area contributed by atoms with Crippen LogP contribution in [0.5, 0.6) is 0 Å². The SMILES string of the molecule is C=C(/C=C\C=C/C)C1(c2cccc(-c3ccccc3CC)c2C)c2ccccc2N(c2ccccc2)c2ccccc21. The van der Waals surface area contributed by atoms with E-state index in [9.17, 15) is 0 Å². The molecule has 0 N–H and O–H groups in total. The molecule has 0 spiro atoms. The normalized spacial score (nSPS) is 13.7. The number of para-hydroxylation sites is 3. The molecule has 5 aromatic rings. The Balaban J connectivity index is 1.73. The second-order valence-electron chi connectivity index (χ2n) is 10.9. The molecule has 0 aliphatic carbocycles. The highest BCUT2D eigenvalue weighted by Crippen LogP contribution is 2.58. The van der Waals surface area contributed by atoms with Gasteiger partial charge in [0.2, 0.25) is 0 Å². The van der Waals surface area contributed by atoms with E-state index in [-0.39, 0.29) is 0 Å². The van der Waals surface area contributed by atoms with Crippen LogP contribution < -0.4 is 4.90 Å². The Morgan fingerprint density at radius 2 is 1.24 bits per heavy atom. The molecule has 1 heterocycles. The van der Waals surface area contributed by atoms with E-state index >= 15 is 0 Å². The summed E-state index contributed by atoms with van der Waals surface area (Å²) >= 11 is 0. The Morgan fingerprint density at radius 1 is 0.667 bits per heavy atom. The summed E-state index contributed by atoms with van der Waals surface area (Å²) < 4.78 is 0. The number of fused-ring (bicyclic) bond motifs is 2. The average Bonchev–Trinajstić information content (AvgIpc) is 3.04. The van der Waals surface area contributed by atoms with Gasteiger partial charge in [0, 0.05) is 5.69 Å². The van der Waals surface area contributed by atoms with Crippen LogP contribution in [0.25, 0.3) is 11.1 Å². The Labute approximate surface area is 250 Å². The summed E-state index contributed by atoms with van der Waals surface area (Å²) in [5, 5.41) is 0. The number of hydrogen-bond donors (Lipinski definition) is 0. The van der Waals surface area contributed by atoms with E-state index < -0.39 is 5.41 Å². The van der Waals surface area contributed by atoms with Crippen molar-refractivity contribution in [2.75, 3.05) is 4.90 Å². The van der Waals surface area contributed by atoms with Crippen molar-refractivity contribution in [3.05, 3.63) is 186 Å². The Kier molecular flexibility index (Phi) is 7.50. The highest BCUT2D eigenvalue weighted by atomic mass is 15.2. The zero-order valence-corrected chi connectivity index (χ0v) is 24.7. The van der Waals surface area contributed by atoms with Crippen LogP contribution in [0.3, 0.4) is 0 Å². The lowest BCUT2D eigenvalue weighted by Crippen LogP contribution is -2.38. The van der Waals surface area contributed by atoms with E-state index in [0.717, 1.165) is 17.7 Å². The van der Waals surface area contributed by atoms with E-state index in [0.29, 0.717) is 0 Å². The van der Waals surface area contributed by atoms with Crippen molar-refractivity contribution < 1.29 is 0 Å². The number of aryl methyl sites for hydroxylation is 1. The van der Waals surface area contributed by atoms with Crippen molar-refractivity contribution in [2.45, 2.75) is 32.6 Å². The molecule has 0 amide bonds. The maximum absolute atomic E-state index is 4.83. The second kappa shape index (κ2) is 11.5. The van der Waals surface area contributed by atoms with Crippen LogP contribution in [0, 0.1) is 6.92 Å². The van der Waals surface area contributed by atoms with Crippen molar-refractivity contribution in [2.24, 2.45) is 0 Å². The summed E-state index contributed by atoms with van der Waals surface area (Å²) in [7, 11) is 0. The fourth-order valence-corrected chi connectivity index (χ4v) is 6.74. The first kappa shape index (κ1) is 27.3. The smallest absolute Gasteiger partial charge is 0.0739 e. The minimum absolute atomic E-state index is 0.599. The second-order valence-corrected chi connectivity index (χ2v) is 10.9. The fraction of sp³-hybridized carbons (Fsp3) is 0.122. The van der Waals surface area contributed by atoms with E-state index in [1.54, 1.807) is 0 Å². The Morgan fingerprint density at radius 3 is 1.90 bits per heavy atom. The molecule has 0 saturated carbocycles. The quantitative estimate of drug-likeness (QED) is 0.185. The van der Waals surface area contributed by atoms with Crippen molar-refractivity contribution in [1.29, 1.82) is 0 Å². The fourth-order valence-electron chi connectivity index (χ4n) is 6.74. The van der Waals surface area contributed by atoms with Crippen LogP contribution in [-0.2, 0) is 11.8 Å². The van der Waals surface area contributed by atoms with Gasteiger partial charge in [0.1, 0.15) is 0 Å². The summed E-state index contributed by atoms with van der Waals surface area (Å²) in [4.78, 5) is 2.40. The third-order valence-electron chi connectivity index (χ3n) is 8.62. The summed E-state index contributed by atoms with van der Waals surface area (Å²) in [6.07, 6.45) is 9.43. The highest BCUT2D eigenvalue weighted by molar-refractivity contribution is 5.90. The molecule has 0 radical (unpaired) electrons. The van der Waals surface area contributed by atoms with Gasteiger partial charge in [-0.05, 0) is 89.1 Å². The van der Waals surface area contributed by atoms with Gasteiger partial charge in [0.05, 0.1) is 16.8 Å². The number of allylic oxidation sites excluding steroid dienone is 5. The number of nitrogens with zero attached hydrogens (tertiary/aromatic N) is 1. The van der Waals surface area contributed by atoms with Crippen LogP contribution in [-0.4, -0.2) is 0 Å². The maximum atomic E-state index is 4.83. The van der Waals surface area contributed by atoms with Gasteiger partial charge in [0.15, 0.2) is 0 Å². The zero-order valence-electron chi connectivity index (χ0n) is 24.7. The molecule has 0 unspecified atom stereocenters. The van der Waals surface area contributed by atoms with Crippen LogP contribution in [0.4, 0.5) is 17.1 Å². The third kappa shape index (κ3) is 4.33. The minimum Gasteiger partial charge on any atom is -0.310 e. The molecule has 6 rings (SSSR count). The van der Waals surface area contributed by atoms with Crippen molar-refractivity contribution in [1.82, 2.24) is 0 Å². The minimum atomic E-state index is -0.599.